The van der Waals surface area contributed by atoms with Gasteiger partial charge in [-0.3, -0.25) is 0 Å². The molecular formula is C15H22ClNO2. The molecule has 19 heavy (non-hydrogen) atoms. The van der Waals surface area contributed by atoms with Crippen molar-refractivity contribution in [2.75, 3.05) is 20.3 Å². The molecule has 0 radical (unpaired) electrons. The molecule has 0 amide bonds. The van der Waals surface area contributed by atoms with E-state index in [1.165, 1.54) is 0 Å². The summed E-state index contributed by atoms with van der Waals surface area (Å²) in [7, 11) is 1.63. The van der Waals surface area contributed by atoms with Crippen LogP contribution >= 0.6 is 11.6 Å². The van der Waals surface area contributed by atoms with Crippen LogP contribution in [0.15, 0.2) is 29.8 Å². The molecule has 0 saturated carbocycles. The minimum absolute atomic E-state index is 0.277. The molecule has 0 fully saturated rings. The Morgan fingerprint density at radius 1 is 1.42 bits per heavy atom. The lowest BCUT2D eigenvalue weighted by Gasteiger charge is -2.15. The lowest BCUT2D eigenvalue weighted by molar-refractivity contribution is 0.319. The minimum atomic E-state index is 0.277. The van der Waals surface area contributed by atoms with E-state index in [1.54, 1.807) is 7.11 Å². The van der Waals surface area contributed by atoms with Gasteiger partial charge < -0.3 is 14.8 Å². The molecule has 106 valence electrons. The van der Waals surface area contributed by atoms with Gasteiger partial charge in [-0.25, -0.2) is 0 Å². The molecule has 0 aliphatic carbocycles. The van der Waals surface area contributed by atoms with Crippen molar-refractivity contribution in [3.05, 3.63) is 35.4 Å². The quantitative estimate of drug-likeness (QED) is 0.791. The second-order valence-electron chi connectivity index (χ2n) is 4.78. The summed E-state index contributed by atoms with van der Waals surface area (Å²) >= 11 is 5.75. The molecule has 0 spiro atoms. The van der Waals surface area contributed by atoms with Crippen LogP contribution < -0.4 is 14.8 Å². The minimum Gasteiger partial charge on any atom is -0.493 e. The first kappa shape index (κ1) is 15.9. The van der Waals surface area contributed by atoms with E-state index in [9.17, 15) is 0 Å². The molecule has 0 saturated heterocycles. The molecule has 1 aromatic rings. The fourth-order valence-electron chi connectivity index (χ4n) is 1.67. The van der Waals surface area contributed by atoms with Gasteiger partial charge in [0.05, 0.1) is 7.11 Å². The lowest BCUT2D eigenvalue weighted by Crippen LogP contribution is -2.19. The summed E-state index contributed by atoms with van der Waals surface area (Å²) < 4.78 is 11.0. The molecule has 0 aromatic heterocycles. The number of benzene rings is 1. The second kappa shape index (κ2) is 8.08. The molecule has 1 N–H and O–H groups in total. The Hall–Kier alpha value is -1.19. The third-order valence-electron chi connectivity index (χ3n) is 2.52. The molecule has 0 aliphatic heterocycles. The zero-order valence-corrected chi connectivity index (χ0v) is 12.6. The lowest BCUT2D eigenvalue weighted by atomic mass is 10.1. The SMILES string of the molecule is C=C(Cl)COc1c(CNCC(C)C)cccc1OC. The van der Waals surface area contributed by atoms with E-state index in [2.05, 4.69) is 25.7 Å². The topological polar surface area (TPSA) is 30.5 Å². The van der Waals surface area contributed by atoms with Crippen molar-refractivity contribution in [2.24, 2.45) is 5.92 Å². The predicted octanol–water partition coefficient (Wildman–Crippen LogP) is 3.57. The number of halogens is 1. The van der Waals surface area contributed by atoms with Crippen LogP contribution in [-0.2, 0) is 6.54 Å². The van der Waals surface area contributed by atoms with Crippen molar-refractivity contribution in [1.29, 1.82) is 0 Å². The van der Waals surface area contributed by atoms with Gasteiger partial charge in [0.1, 0.15) is 6.61 Å². The smallest absolute Gasteiger partial charge is 0.166 e. The Bertz CT molecular complexity index is 419. The Kier molecular flexibility index (Phi) is 6.74. The number of ether oxygens (including phenoxy) is 2. The number of nitrogens with one attached hydrogen (secondary N) is 1. The van der Waals surface area contributed by atoms with Crippen molar-refractivity contribution in [1.82, 2.24) is 5.32 Å². The molecule has 1 aromatic carbocycles. The van der Waals surface area contributed by atoms with Crippen LogP contribution in [0.25, 0.3) is 0 Å². The maximum absolute atomic E-state index is 5.75. The van der Waals surface area contributed by atoms with Crippen molar-refractivity contribution in [3.63, 3.8) is 0 Å². The second-order valence-corrected chi connectivity index (χ2v) is 5.31. The van der Waals surface area contributed by atoms with Gasteiger partial charge in [-0.15, -0.1) is 0 Å². The molecular weight excluding hydrogens is 262 g/mol. The van der Waals surface area contributed by atoms with E-state index in [-0.39, 0.29) is 6.61 Å². The van der Waals surface area contributed by atoms with E-state index in [1.807, 2.05) is 18.2 Å². The Labute approximate surface area is 120 Å². The summed E-state index contributed by atoms with van der Waals surface area (Å²) in [5, 5.41) is 3.85. The molecule has 0 atom stereocenters. The van der Waals surface area contributed by atoms with Crippen LogP contribution in [0.2, 0.25) is 0 Å². The van der Waals surface area contributed by atoms with Gasteiger partial charge in [-0.1, -0.05) is 44.2 Å². The van der Waals surface area contributed by atoms with Gasteiger partial charge in [0.2, 0.25) is 0 Å². The van der Waals surface area contributed by atoms with Gasteiger partial charge in [-0.05, 0) is 18.5 Å². The Morgan fingerprint density at radius 3 is 2.74 bits per heavy atom. The zero-order valence-electron chi connectivity index (χ0n) is 11.8. The molecule has 4 heteroatoms. The van der Waals surface area contributed by atoms with Crippen LogP contribution in [0, 0.1) is 5.92 Å². The van der Waals surface area contributed by atoms with E-state index in [4.69, 9.17) is 21.1 Å². The summed E-state index contributed by atoms with van der Waals surface area (Å²) in [4.78, 5) is 0. The highest BCUT2D eigenvalue weighted by Crippen LogP contribution is 2.31. The number of rotatable bonds is 8. The third kappa shape index (κ3) is 5.53. The Balaban J connectivity index is 2.79. The summed E-state index contributed by atoms with van der Waals surface area (Å²) in [6.07, 6.45) is 0. The largest absolute Gasteiger partial charge is 0.493 e. The molecule has 0 unspecified atom stereocenters. The highest BCUT2D eigenvalue weighted by atomic mass is 35.5. The first-order chi connectivity index (χ1) is 9.04. The van der Waals surface area contributed by atoms with E-state index >= 15 is 0 Å². The van der Waals surface area contributed by atoms with E-state index in [0.29, 0.717) is 16.7 Å². The molecule has 1 rings (SSSR count). The van der Waals surface area contributed by atoms with E-state index in [0.717, 1.165) is 24.4 Å². The number of para-hydroxylation sites is 1. The van der Waals surface area contributed by atoms with Crippen LogP contribution in [-0.4, -0.2) is 20.3 Å². The number of hydrogen-bond acceptors (Lipinski definition) is 3. The van der Waals surface area contributed by atoms with Gasteiger partial charge in [0.25, 0.3) is 0 Å². The van der Waals surface area contributed by atoms with Gasteiger partial charge in [0, 0.05) is 17.1 Å². The maximum atomic E-state index is 5.75. The van der Waals surface area contributed by atoms with Crippen molar-refractivity contribution >= 4 is 11.6 Å². The van der Waals surface area contributed by atoms with Gasteiger partial charge >= 0.3 is 0 Å². The van der Waals surface area contributed by atoms with Crippen LogP contribution in [0.5, 0.6) is 11.5 Å². The summed E-state index contributed by atoms with van der Waals surface area (Å²) in [5.41, 5.74) is 1.05. The predicted molar refractivity (Wildman–Crippen MR) is 80.0 cm³/mol. The normalized spacial score (nSPS) is 10.6. The molecule has 0 aliphatic rings. The highest BCUT2D eigenvalue weighted by molar-refractivity contribution is 6.29. The molecule has 0 bridgehead atoms. The third-order valence-corrected chi connectivity index (χ3v) is 2.63. The summed E-state index contributed by atoms with van der Waals surface area (Å²) in [6.45, 7) is 9.94. The summed E-state index contributed by atoms with van der Waals surface area (Å²) in [5.74, 6) is 2.04. The molecule has 0 heterocycles. The fourth-order valence-corrected chi connectivity index (χ4v) is 1.73. The Morgan fingerprint density at radius 2 is 2.16 bits per heavy atom. The van der Waals surface area contributed by atoms with Crippen molar-refractivity contribution in [3.8, 4) is 11.5 Å². The van der Waals surface area contributed by atoms with Crippen LogP contribution in [0.1, 0.15) is 19.4 Å². The fraction of sp³-hybridized carbons (Fsp3) is 0.467. The standard InChI is InChI=1S/C15H22ClNO2/c1-11(2)8-17-9-13-6-5-7-14(18-4)15(13)19-10-12(3)16/h5-7,11,17H,3,8-10H2,1-2,4H3. The van der Waals surface area contributed by atoms with Gasteiger partial charge in [0.15, 0.2) is 11.5 Å². The monoisotopic (exact) mass is 283 g/mol. The first-order valence-electron chi connectivity index (χ1n) is 6.37. The van der Waals surface area contributed by atoms with Crippen LogP contribution in [0.4, 0.5) is 0 Å². The van der Waals surface area contributed by atoms with Gasteiger partial charge in [-0.2, -0.15) is 0 Å². The highest BCUT2D eigenvalue weighted by Gasteiger charge is 2.10. The average Bonchev–Trinajstić information content (AvgIpc) is 2.36. The molecule has 3 nitrogen and oxygen atoms in total. The number of methoxy groups -OCH3 is 1. The van der Waals surface area contributed by atoms with Crippen molar-refractivity contribution < 1.29 is 9.47 Å². The number of hydrogen-bond donors (Lipinski definition) is 1. The van der Waals surface area contributed by atoms with Crippen molar-refractivity contribution in [2.45, 2.75) is 20.4 Å². The van der Waals surface area contributed by atoms with Crippen LogP contribution in [0.3, 0.4) is 0 Å². The first-order valence-corrected chi connectivity index (χ1v) is 6.75. The van der Waals surface area contributed by atoms with E-state index < -0.39 is 0 Å². The maximum Gasteiger partial charge on any atom is 0.166 e. The average molecular weight is 284 g/mol. The zero-order chi connectivity index (χ0) is 14.3. The summed E-state index contributed by atoms with van der Waals surface area (Å²) in [6, 6.07) is 5.84.